The number of hydrogen-bond donors (Lipinski definition) is 1. The van der Waals surface area contributed by atoms with Gasteiger partial charge in [-0.25, -0.2) is 9.97 Å². The second kappa shape index (κ2) is 9.84. The highest BCUT2D eigenvalue weighted by Crippen LogP contribution is 2.36. The molecule has 3 rings (SSSR count). The van der Waals surface area contributed by atoms with Crippen LogP contribution in [0.2, 0.25) is 0 Å². The van der Waals surface area contributed by atoms with Gasteiger partial charge in [0.05, 0.1) is 17.6 Å². The summed E-state index contributed by atoms with van der Waals surface area (Å²) in [6.07, 6.45) is 2.92. The second-order valence-electron chi connectivity index (χ2n) is 6.93. The number of aryl methyl sites for hydroxylation is 2. The molecule has 0 unspecified atom stereocenters. The molecule has 0 aliphatic heterocycles. The van der Waals surface area contributed by atoms with Gasteiger partial charge in [0, 0.05) is 22.9 Å². The molecule has 9 heteroatoms. The zero-order chi connectivity index (χ0) is 22.6. The van der Waals surface area contributed by atoms with E-state index < -0.39 is 11.9 Å². The van der Waals surface area contributed by atoms with Crippen molar-refractivity contribution in [3.63, 3.8) is 0 Å². The van der Waals surface area contributed by atoms with Crippen molar-refractivity contribution < 1.29 is 18.0 Å². The van der Waals surface area contributed by atoms with Crippen molar-refractivity contribution in [2.75, 3.05) is 12.9 Å². The van der Waals surface area contributed by atoms with E-state index >= 15 is 0 Å². The predicted octanol–water partition coefficient (Wildman–Crippen LogP) is 6.70. The molecule has 1 aromatic carbocycles. The summed E-state index contributed by atoms with van der Waals surface area (Å²) < 4.78 is 39.0. The quantitative estimate of drug-likeness (QED) is 0.239. The summed E-state index contributed by atoms with van der Waals surface area (Å²) in [7, 11) is 1.53. The smallest absolute Gasteiger partial charge is 0.280 e. The second-order valence-corrected chi connectivity index (χ2v) is 8.98. The molecule has 31 heavy (non-hydrogen) atoms. The van der Waals surface area contributed by atoms with Gasteiger partial charge >= 0.3 is 6.18 Å². The van der Waals surface area contributed by atoms with Gasteiger partial charge in [-0.05, 0) is 61.2 Å². The maximum atomic E-state index is 12.7. The molecule has 2 heterocycles. The molecule has 0 saturated heterocycles. The molecule has 1 N–H and O–H groups in total. The van der Waals surface area contributed by atoms with Gasteiger partial charge in [0.1, 0.15) is 5.01 Å². The Bertz CT molecular complexity index is 1140. The number of nitrogens with one attached hydrogen (secondary N) is 1. The lowest BCUT2D eigenvalue weighted by molar-refractivity contribution is -0.105. The van der Waals surface area contributed by atoms with E-state index in [0.717, 1.165) is 49.3 Å². The van der Waals surface area contributed by atoms with Gasteiger partial charge in [-0.15, -0.1) is 23.1 Å². The Labute approximate surface area is 187 Å². The molecule has 0 fully saturated rings. The number of allylic oxidation sites excluding steroid dienone is 3. The number of hydroxylamine groups is 1. The van der Waals surface area contributed by atoms with E-state index in [2.05, 4.69) is 15.4 Å². The first-order chi connectivity index (χ1) is 14.7. The molecule has 0 aliphatic carbocycles. The first kappa shape index (κ1) is 23.3. The van der Waals surface area contributed by atoms with Gasteiger partial charge in [-0.1, -0.05) is 12.1 Å². The van der Waals surface area contributed by atoms with Gasteiger partial charge in [-0.2, -0.15) is 13.2 Å². The third kappa shape index (κ3) is 6.09. The Hall–Kier alpha value is -2.36. The number of fused-ring (bicyclic) bond motifs is 1. The third-order valence-electron chi connectivity index (χ3n) is 4.44. The minimum atomic E-state index is -4.21. The highest BCUT2D eigenvalue weighted by Gasteiger charge is 2.27. The summed E-state index contributed by atoms with van der Waals surface area (Å²) in [5, 5.41) is 0.851. The summed E-state index contributed by atoms with van der Waals surface area (Å²) in [6.45, 7) is 5.75. The molecular formula is C22H22F3N3OS2. The number of benzene rings is 1. The molecule has 4 nitrogen and oxygen atoms in total. The first-order valence-electron chi connectivity index (χ1n) is 9.38. The lowest BCUT2D eigenvalue weighted by Crippen LogP contribution is -2.10. The molecular weight excluding hydrogens is 443 g/mol. The zero-order valence-corrected chi connectivity index (χ0v) is 19.1. The molecule has 0 saturated carbocycles. The molecule has 3 aromatic rings. The van der Waals surface area contributed by atoms with Crippen molar-refractivity contribution in [3.05, 3.63) is 58.9 Å². The van der Waals surface area contributed by atoms with Crippen LogP contribution < -0.4 is 5.48 Å². The number of thiazole rings is 1. The van der Waals surface area contributed by atoms with Crippen LogP contribution in [0.1, 0.15) is 23.1 Å². The minimum absolute atomic E-state index is 0.623. The van der Waals surface area contributed by atoms with Crippen molar-refractivity contribution in [1.29, 1.82) is 0 Å². The van der Waals surface area contributed by atoms with Crippen LogP contribution in [0.25, 0.3) is 27.0 Å². The molecule has 0 radical (unpaired) electrons. The zero-order valence-electron chi connectivity index (χ0n) is 17.5. The summed E-state index contributed by atoms with van der Waals surface area (Å²) >= 11 is 2.33. The standard InChI is InChI=1S/C22H22F3N3OS2/c1-13(6-5-7-27-29-4)21-28-20-19(31-21)9-16(11-26-20)17-10-18(15(3)8-14(17)2)30-12-22(23,24)25/h5-11,27H,12H2,1-4H3/b7-5-,13-6+. The van der Waals surface area contributed by atoms with E-state index in [1.165, 1.54) is 18.4 Å². The SMILES string of the molecule is CON/C=C\C=C(/C)c1nc2ncc(-c3cc(SCC(F)(F)F)c(C)cc3C)cc2s1. The average molecular weight is 466 g/mol. The lowest BCUT2D eigenvalue weighted by atomic mass is 10.00. The van der Waals surface area contributed by atoms with Crippen LogP contribution >= 0.6 is 23.1 Å². The van der Waals surface area contributed by atoms with E-state index in [1.807, 2.05) is 51.1 Å². The van der Waals surface area contributed by atoms with Crippen LogP contribution in [-0.4, -0.2) is 29.0 Å². The molecule has 0 aliphatic rings. The number of alkyl halides is 3. The van der Waals surface area contributed by atoms with E-state index in [9.17, 15) is 13.2 Å². The van der Waals surface area contributed by atoms with Crippen LogP contribution in [0, 0.1) is 13.8 Å². The third-order valence-corrected chi connectivity index (χ3v) is 6.79. The van der Waals surface area contributed by atoms with Crippen LogP contribution in [0.5, 0.6) is 0 Å². The Morgan fingerprint density at radius 1 is 1.23 bits per heavy atom. The number of halogens is 3. The fourth-order valence-electron chi connectivity index (χ4n) is 2.97. The van der Waals surface area contributed by atoms with Gasteiger partial charge in [0.15, 0.2) is 5.65 Å². The van der Waals surface area contributed by atoms with Crippen LogP contribution in [0.3, 0.4) is 0 Å². The number of hydrogen-bond acceptors (Lipinski definition) is 6. The van der Waals surface area contributed by atoms with Crippen LogP contribution in [-0.2, 0) is 4.84 Å². The van der Waals surface area contributed by atoms with Crippen molar-refractivity contribution in [1.82, 2.24) is 15.4 Å². The highest BCUT2D eigenvalue weighted by atomic mass is 32.2. The fourth-order valence-corrected chi connectivity index (χ4v) is 4.72. The maximum Gasteiger partial charge on any atom is 0.398 e. The summed E-state index contributed by atoms with van der Waals surface area (Å²) in [5.41, 5.74) is 7.81. The number of rotatable bonds is 7. The Balaban J connectivity index is 1.93. The van der Waals surface area contributed by atoms with E-state index in [4.69, 9.17) is 4.84 Å². The molecule has 0 amide bonds. The number of pyridine rings is 1. The van der Waals surface area contributed by atoms with E-state index in [-0.39, 0.29) is 0 Å². The van der Waals surface area contributed by atoms with Gasteiger partial charge in [-0.3, -0.25) is 10.3 Å². The molecule has 0 bridgehead atoms. The lowest BCUT2D eigenvalue weighted by Gasteiger charge is -2.13. The summed E-state index contributed by atoms with van der Waals surface area (Å²) in [5.74, 6) is -0.911. The van der Waals surface area contributed by atoms with Gasteiger partial charge in [0.2, 0.25) is 0 Å². The first-order valence-corrected chi connectivity index (χ1v) is 11.2. The highest BCUT2D eigenvalue weighted by molar-refractivity contribution is 7.99. The van der Waals surface area contributed by atoms with Gasteiger partial charge in [0.25, 0.3) is 0 Å². The monoisotopic (exact) mass is 465 g/mol. The molecule has 164 valence electrons. The Kier molecular flexibility index (Phi) is 7.40. The topological polar surface area (TPSA) is 47.0 Å². The van der Waals surface area contributed by atoms with Crippen molar-refractivity contribution >= 4 is 39.0 Å². The molecule has 2 aromatic heterocycles. The van der Waals surface area contributed by atoms with Crippen molar-refractivity contribution in [2.45, 2.75) is 31.8 Å². The minimum Gasteiger partial charge on any atom is -0.280 e. The Morgan fingerprint density at radius 2 is 2.00 bits per heavy atom. The van der Waals surface area contributed by atoms with E-state index in [0.29, 0.717) is 10.5 Å². The number of aromatic nitrogens is 2. The fraction of sp³-hybridized carbons (Fsp3) is 0.273. The van der Waals surface area contributed by atoms with Crippen molar-refractivity contribution in [2.24, 2.45) is 0 Å². The molecule has 0 spiro atoms. The van der Waals surface area contributed by atoms with E-state index in [1.54, 1.807) is 12.4 Å². The largest absolute Gasteiger partial charge is 0.398 e. The van der Waals surface area contributed by atoms with Gasteiger partial charge < -0.3 is 0 Å². The van der Waals surface area contributed by atoms with Crippen LogP contribution in [0.15, 0.2) is 47.6 Å². The summed E-state index contributed by atoms with van der Waals surface area (Å²) in [6, 6.07) is 5.74. The normalized spacial score (nSPS) is 12.8. The Morgan fingerprint density at radius 3 is 2.71 bits per heavy atom. The predicted molar refractivity (Wildman–Crippen MR) is 122 cm³/mol. The number of nitrogens with zero attached hydrogens (tertiary/aromatic N) is 2. The average Bonchev–Trinajstić information content (AvgIpc) is 3.13. The van der Waals surface area contributed by atoms with Crippen molar-refractivity contribution in [3.8, 4) is 11.1 Å². The summed E-state index contributed by atoms with van der Waals surface area (Å²) in [4.78, 5) is 14.4. The molecule has 0 atom stereocenters. The maximum absolute atomic E-state index is 12.7. The van der Waals surface area contributed by atoms with Crippen LogP contribution in [0.4, 0.5) is 13.2 Å². The number of thioether (sulfide) groups is 1.